The van der Waals surface area contributed by atoms with Crippen LogP contribution in [0.3, 0.4) is 0 Å². The maximum Gasteiger partial charge on any atom is 0.234 e. The van der Waals surface area contributed by atoms with Crippen molar-refractivity contribution in [1.82, 2.24) is 0 Å². The fourth-order valence-corrected chi connectivity index (χ4v) is 2.15. The Morgan fingerprint density at radius 2 is 1.89 bits per heavy atom. The largest absolute Gasteiger partial charge is 0.325 e. The van der Waals surface area contributed by atoms with Crippen molar-refractivity contribution in [2.75, 3.05) is 28.8 Å². The molecule has 1 rings (SSSR count). The zero-order valence-corrected chi connectivity index (χ0v) is 12.4. The molecule has 19 heavy (non-hydrogen) atoms. The predicted molar refractivity (Wildman–Crippen MR) is 81.8 cm³/mol. The van der Waals surface area contributed by atoms with Crippen molar-refractivity contribution in [2.45, 2.75) is 20.3 Å². The summed E-state index contributed by atoms with van der Waals surface area (Å²) >= 11 is 1.63. The Labute approximate surface area is 118 Å². The van der Waals surface area contributed by atoms with Crippen LogP contribution in [-0.2, 0) is 9.59 Å². The number of nitrogens with zero attached hydrogens (tertiary/aromatic N) is 1. The van der Waals surface area contributed by atoms with Gasteiger partial charge in [-0.05, 0) is 36.4 Å². The first-order valence-corrected chi connectivity index (χ1v) is 7.42. The van der Waals surface area contributed by atoms with Crippen LogP contribution in [0.15, 0.2) is 24.3 Å². The quantitative estimate of drug-likeness (QED) is 0.815. The summed E-state index contributed by atoms with van der Waals surface area (Å²) in [5, 5.41) is 2.83. The Kier molecular flexibility index (Phi) is 6.42. The average molecular weight is 280 g/mol. The topological polar surface area (TPSA) is 49.4 Å². The highest BCUT2D eigenvalue weighted by atomic mass is 32.2. The first kappa shape index (κ1) is 15.6. The Morgan fingerprint density at radius 3 is 2.42 bits per heavy atom. The number of nitrogens with one attached hydrogen (secondary N) is 1. The van der Waals surface area contributed by atoms with Crippen LogP contribution in [0.2, 0.25) is 0 Å². The second kappa shape index (κ2) is 7.84. The van der Waals surface area contributed by atoms with E-state index in [1.807, 2.05) is 12.1 Å². The molecule has 0 aliphatic rings. The zero-order valence-electron chi connectivity index (χ0n) is 11.6. The summed E-state index contributed by atoms with van der Waals surface area (Å²) in [6.07, 6.45) is 1.07. The van der Waals surface area contributed by atoms with Crippen molar-refractivity contribution in [3.8, 4) is 0 Å². The second-order valence-corrected chi connectivity index (χ2v) is 5.33. The summed E-state index contributed by atoms with van der Waals surface area (Å²) in [6.45, 7) is 3.61. The smallest absolute Gasteiger partial charge is 0.234 e. The van der Waals surface area contributed by atoms with E-state index in [1.54, 1.807) is 35.8 Å². The zero-order chi connectivity index (χ0) is 14.3. The van der Waals surface area contributed by atoms with Gasteiger partial charge in [0.15, 0.2) is 0 Å². The van der Waals surface area contributed by atoms with Crippen LogP contribution in [0.25, 0.3) is 0 Å². The van der Waals surface area contributed by atoms with Gasteiger partial charge in [0.2, 0.25) is 11.8 Å². The maximum atomic E-state index is 11.6. The molecule has 2 amide bonds. The summed E-state index contributed by atoms with van der Waals surface area (Å²) < 4.78 is 0. The molecule has 0 radical (unpaired) electrons. The van der Waals surface area contributed by atoms with E-state index >= 15 is 0 Å². The Balaban J connectivity index is 2.52. The molecule has 0 saturated carbocycles. The summed E-state index contributed by atoms with van der Waals surface area (Å²) in [4.78, 5) is 24.4. The average Bonchev–Trinajstić information content (AvgIpc) is 2.39. The number of hydrogen-bond donors (Lipinski definition) is 1. The van der Waals surface area contributed by atoms with E-state index in [9.17, 15) is 9.59 Å². The molecule has 4 nitrogen and oxygen atoms in total. The first-order chi connectivity index (χ1) is 9.04. The summed E-state index contributed by atoms with van der Waals surface area (Å²) in [6, 6.07) is 7.24. The van der Waals surface area contributed by atoms with E-state index in [0.29, 0.717) is 5.75 Å². The van der Waals surface area contributed by atoms with Gasteiger partial charge in [-0.2, -0.15) is 11.8 Å². The highest BCUT2D eigenvalue weighted by molar-refractivity contribution is 7.99. The van der Waals surface area contributed by atoms with E-state index in [2.05, 4.69) is 12.2 Å². The Bertz CT molecular complexity index is 432. The normalized spacial score (nSPS) is 10.1. The second-order valence-electron chi connectivity index (χ2n) is 4.23. The monoisotopic (exact) mass is 280 g/mol. The summed E-state index contributed by atoms with van der Waals surface area (Å²) in [5.74, 6) is 1.46. The van der Waals surface area contributed by atoms with Gasteiger partial charge in [0.1, 0.15) is 0 Å². The molecular weight excluding hydrogens is 260 g/mol. The SMILES string of the molecule is CCCSCC(=O)Nc1ccc(N(C)C(C)=O)cc1. The van der Waals surface area contributed by atoms with Crippen LogP contribution in [0, 0.1) is 0 Å². The van der Waals surface area contributed by atoms with Gasteiger partial charge in [-0.1, -0.05) is 6.92 Å². The molecule has 1 aromatic carbocycles. The van der Waals surface area contributed by atoms with Crippen LogP contribution in [0.5, 0.6) is 0 Å². The molecule has 1 aromatic rings. The van der Waals surface area contributed by atoms with Gasteiger partial charge in [-0.3, -0.25) is 9.59 Å². The van der Waals surface area contributed by atoms with Gasteiger partial charge in [0.05, 0.1) is 5.75 Å². The molecule has 0 aromatic heterocycles. The number of anilines is 2. The molecule has 0 spiro atoms. The van der Waals surface area contributed by atoms with E-state index in [4.69, 9.17) is 0 Å². The number of thioether (sulfide) groups is 1. The van der Waals surface area contributed by atoms with Crippen molar-refractivity contribution < 1.29 is 9.59 Å². The van der Waals surface area contributed by atoms with Gasteiger partial charge < -0.3 is 10.2 Å². The number of amides is 2. The molecule has 0 aliphatic carbocycles. The number of hydrogen-bond acceptors (Lipinski definition) is 3. The van der Waals surface area contributed by atoms with E-state index in [-0.39, 0.29) is 11.8 Å². The van der Waals surface area contributed by atoms with Crippen LogP contribution < -0.4 is 10.2 Å². The number of benzene rings is 1. The van der Waals surface area contributed by atoms with Crippen molar-refractivity contribution in [3.05, 3.63) is 24.3 Å². The molecule has 5 heteroatoms. The van der Waals surface area contributed by atoms with Crippen molar-refractivity contribution in [2.24, 2.45) is 0 Å². The summed E-state index contributed by atoms with van der Waals surface area (Å²) in [7, 11) is 1.72. The maximum absolute atomic E-state index is 11.6. The van der Waals surface area contributed by atoms with Gasteiger partial charge in [-0.25, -0.2) is 0 Å². The highest BCUT2D eigenvalue weighted by Crippen LogP contribution is 2.17. The lowest BCUT2D eigenvalue weighted by Crippen LogP contribution is -2.22. The van der Waals surface area contributed by atoms with Crippen molar-refractivity contribution in [1.29, 1.82) is 0 Å². The Hall–Kier alpha value is -1.49. The van der Waals surface area contributed by atoms with Crippen molar-refractivity contribution >= 4 is 35.0 Å². The van der Waals surface area contributed by atoms with E-state index in [1.165, 1.54) is 6.92 Å². The van der Waals surface area contributed by atoms with Crippen molar-refractivity contribution in [3.63, 3.8) is 0 Å². The lowest BCUT2D eigenvalue weighted by atomic mass is 10.2. The first-order valence-electron chi connectivity index (χ1n) is 6.26. The fraction of sp³-hybridized carbons (Fsp3) is 0.429. The molecule has 104 valence electrons. The Morgan fingerprint density at radius 1 is 1.26 bits per heavy atom. The van der Waals surface area contributed by atoms with Crippen LogP contribution >= 0.6 is 11.8 Å². The van der Waals surface area contributed by atoms with Crippen LogP contribution in [-0.4, -0.2) is 30.4 Å². The lowest BCUT2D eigenvalue weighted by molar-refractivity contribution is -0.116. The van der Waals surface area contributed by atoms with Crippen LogP contribution in [0.1, 0.15) is 20.3 Å². The standard InChI is InChI=1S/C14H20N2O2S/c1-4-9-19-10-14(18)15-12-5-7-13(8-6-12)16(3)11(2)17/h5-8H,4,9-10H2,1-3H3,(H,15,18). The van der Waals surface area contributed by atoms with Gasteiger partial charge in [-0.15, -0.1) is 0 Å². The van der Waals surface area contributed by atoms with Gasteiger partial charge >= 0.3 is 0 Å². The lowest BCUT2D eigenvalue weighted by Gasteiger charge is -2.15. The minimum absolute atomic E-state index is 0.00567. The molecule has 1 N–H and O–H groups in total. The minimum atomic E-state index is -0.0206. The molecule has 0 unspecified atom stereocenters. The third-order valence-corrected chi connectivity index (χ3v) is 3.76. The number of carbonyl (C=O) groups excluding carboxylic acids is 2. The molecule has 0 fully saturated rings. The summed E-state index contributed by atoms with van der Waals surface area (Å²) in [5.41, 5.74) is 1.56. The predicted octanol–water partition coefficient (Wildman–Crippen LogP) is 2.75. The molecular formula is C14H20N2O2S. The van der Waals surface area contributed by atoms with Gasteiger partial charge in [0.25, 0.3) is 0 Å². The molecule has 0 heterocycles. The third-order valence-electron chi connectivity index (χ3n) is 2.59. The fourth-order valence-electron chi connectivity index (χ4n) is 1.46. The molecule has 0 bridgehead atoms. The third kappa shape index (κ3) is 5.34. The van der Waals surface area contributed by atoms with E-state index in [0.717, 1.165) is 23.5 Å². The van der Waals surface area contributed by atoms with Gasteiger partial charge in [0, 0.05) is 25.3 Å². The van der Waals surface area contributed by atoms with Crippen LogP contribution in [0.4, 0.5) is 11.4 Å². The number of carbonyl (C=O) groups is 2. The van der Waals surface area contributed by atoms with E-state index < -0.39 is 0 Å². The highest BCUT2D eigenvalue weighted by Gasteiger charge is 2.06. The molecule has 0 atom stereocenters. The number of rotatable bonds is 6. The minimum Gasteiger partial charge on any atom is -0.325 e. The molecule has 0 aliphatic heterocycles. The molecule has 0 saturated heterocycles.